The van der Waals surface area contributed by atoms with Crippen LogP contribution in [0.25, 0.3) is 0 Å². The molecule has 0 aromatic heterocycles. The van der Waals surface area contributed by atoms with E-state index in [9.17, 15) is 9.90 Å². The van der Waals surface area contributed by atoms with E-state index < -0.39 is 0 Å². The van der Waals surface area contributed by atoms with Crippen LogP contribution in [0.4, 0.5) is 0 Å². The fraction of sp³-hybridized carbons (Fsp3) is 0.929. The van der Waals surface area contributed by atoms with E-state index in [4.69, 9.17) is 0 Å². The van der Waals surface area contributed by atoms with Gasteiger partial charge in [0.2, 0.25) is 5.91 Å². The Morgan fingerprint density at radius 1 is 1.28 bits per heavy atom. The smallest absolute Gasteiger partial charge is 0.216 e. The third-order valence-corrected chi connectivity index (χ3v) is 4.35. The first-order valence-electron chi connectivity index (χ1n) is 7.33. The Bertz CT molecular complexity index is 283. The quantitative estimate of drug-likeness (QED) is 0.794. The molecule has 0 aromatic carbocycles. The molecule has 1 amide bonds. The van der Waals surface area contributed by atoms with Gasteiger partial charge in [-0.05, 0) is 38.1 Å². The number of aliphatic hydroxyl groups is 1. The zero-order valence-corrected chi connectivity index (χ0v) is 11.4. The summed E-state index contributed by atoms with van der Waals surface area (Å²) in [6.45, 7) is 4.50. The second kappa shape index (κ2) is 6.53. The van der Waals surface area contributed by atoms with Crippen LogP contribution in [0.1, 0.15) is 45.4 Å². The molecule has 1 aliphatic heterocycles. The normalized spacial score (nSPS) is 34.2. The van der Waals surface area contributed by atoms with Crippen LogP contribution in [-0.4, -0.2) is 47.7 Å². The molecule has 2 rings (SSSR count). The zero-order chi connectivity index (χ0) is 13.0. The number of carbonyl (C=O) groups excluding carboxylic acids is 1. The number of nitrogens with zero attached hydrogens (tertiary/aromatic N) is 1. The second-order valence-electron chi connectivity index (χ2n) is 5.86. The number of hydrogen-bond donors (Lipinski definition) is 2. The standard InChI is InChI=1S/C14H26N2O2/c1-11(17)15-9-12-5-4-8-16(10-12)13-6-2-3-7-14(13)18/h12-14,18H,2-10H2,1H3,(H,15,17). The number of aliphatic hydroxyl groups excluding tert-OH is 1. The number of amides is 1. The van der Waals surface area contributed by atoms with Gasteiger partial charge in [-0.1, -0.05) is 12.8 Å². The fourth-order valence-corrected chi connectivity index (χ4v) is 3.37. The van der Waals surface area contributed by atoms with Crippen LogP contribution in [0.2, 0.25) is 0 Å². The molecule has 4 heteroatoms. The summed E-state index contributed by atoms with van der Waals surface area (Å²) in [6, 6.07) is 0.360. The predicted octanol–water partition coefficient (Wildman–Crippen LogP) is 1.14. The van der Waals surface area contributed by atoms with Crippen molar-refractivity contribution in [1.29, 1.82) is 0 Å². The van der Waals surface area contributed by atoms with E-state index >= 15 is 0 Å². The summed E-state index contributed by atoms with van der Waals surface area (Å²) in [5.41, 5.74) is 0. The van der Waals surface area contributed by atoms with Gasteiger partial charge in [0.15, 0.2) is 0 Å². The van der Waals surface area contributed by atoms with Crippen molar-refractivity contribution in [1.82, 2.24) is 10.2 Å². The number of piperidine rings is 1. The molecule has 1 heterocycles. The summed E-state index contributed by atoms with van der Waals surface area (Å²) in [5, 5.41) is 13.0. The summed E-state index contributed by atoms with van der Waals surface area (Å²) in [5.74, 6) is 0.613. The average molecular weight is 254 g/mol. The molecular weight excluding hydrogens is 228 g/mol. The molecule has 18 heavy (non-hydrogen) atoms. The van der Waals surface area contributed by atoms with E-state index in [0.717, 1.165) is 32.5 Å². The molecule has 1 saturated carbocycles. The highest BCUT2D eigenvalue weighted by Crippen LogP contribution is 2.27. The van der Waals surface area contributed by atoms with E-state index in [0.29, 0.717) is 12.0 Å². The van der Waals surface area contributed by atoms with E-state index in [1.165, 1.54) is 25.7 Å². The van der Waals surface area contributed by atoms with Gasteiger partial charge in [0, 0.05) is 26.1 Å². The van der Waals surface area contributed by atoms with Crippen LogP contribution in [0, 0.1) is 5.92 Å². The minimum Gasteiger partial charge on any atom is -0.391 e. The average Bonchev–Trinajstić information content (AvgIpc) is 2.37. The number of likely N-dealkylation sites (tertiary alicyclic amines) is 1. The van der Waals surface area contributed by atoms with Gasteiger partial charge in [0.05, 0.1) is 6.10 Å². The van der Waals surface area contributed by atoms with Crippen molar-refractivity contribution in [3.05, 3.63) is 0 Å². The van der Waals surface area contributed by atoms with Crippen LogP contribution in [0.5, 0.6) is 0 Å². The molecule has 2 aliphatic rings. The molecule has 0 spiro atoms. The molecule has 0 aromatic rings. The topological polar surface area (TPSA) is 52.6 Å². The van der Waals surface area contributed by atoms with Crippen LogP contribution in [0.3, 0.4) is 0 Å². The van der Waals surface area contributed by atoms with Gasteiger partial charge < -0.3 is 10.4 Å². The van der Waals surface area contributed by atoms with E-state index in [1.807, 2.05) is 0 Å². The molecule has 1 aliphatic carbocycles. The van der Waals surface area contributed by atoms with E-state index in [1.54, 1.807) is 6.92 Å². The Kier molecular flexibility index (Phi) is 5.01. The SMILES string of the molecule is CC(=O)NCC1CCCN(C2CCCCC2O)C1. The van der Waals surface area contributed by atoms with Crippen molar-refractivity contribution in [2.75, 3.05) is 19.6 Å². The first kappa shape index (κ1) is 13.8. The molecule has 3 unspecified atom stereocenters. The van der Waals surface area contributed by atoms with Crippen molar-refractivity contribution in [3.63, 3.8) is 0 Å². The van der Waals surface area contributed by atoms with E-state index in [-0.39, 0.29) is 12.0 Å². The predicted molar refractivity (Wildman–Crippen MR) is 71.2 cm³/mol. The van der Waals surface area contributed by atoms with Crippen LogP contribution >= 0.6 is 0 Å². The number of rotatable bonds is 3. The first-order chi connectivity index (χ1) is 8.66. The molecule has 0 radical (unpaired) electrons. The lowest BCUT2D eigenvalue weighted by atomic mass is 9.88. The summed E-state index contributed by atoms with van der Waals surface area (Å²) >= 11 is 0. The summed E-state index contributed by atoms with van der Waals surface area (Å²) in [7, 11) is 0. The molecule has 4 nitrogen and oxygen atoms in total. The van der Waals surface area contributed by atoms with Gasteiger partial charge in [-0.25, -0.2) is 0 Å². The van der Waals surface area contributed by atoms with Gasteiger partial charge in [0.25, 0.3) is 0 Å². The van der Waals surface area contributed by atoms with E-state index in [2.05, 4.69) is 10.2 Å². The number of carbonyl (C=O) groups is 1. The van der Waals surface area contributed by atoms with Crippen molar-refractivity contribution in [3.8, 4) is 0 Å². The summed E-state index contributed by atoms with van der Waals surface area (Å²) in [6.07, 6.45) is 6.74. The molecule has 104 valence electrons. The maximum absolute atomic E-state index is 11.0. The van der Waals surface area contributed by atoms with Crippen LogP contribution in [0.15, 0.2) is 0 Å². The largest absolute Gasteiger partial charge is 0.391 e. The third kappa shape index (κ3) is 3.69. The van der Waals surface area contributed by atoms with Gasteiger partial charge >= 0.3 is 0 Å². The zero-order valence-electron chi connectivity index (χ0n) is 11.4. The van der Waals surface area contributed by atoms with Crippen LogP contribution in [-0.2, 0) is 4.79 Å². The Morgan fingerprint density at radius 2 is 2.06 bits per heavy atom. The van der Waals surface area contributed by atoms with Crippen molar-refractivity contribution in [2.24, 2.45) is 5.92 Å². The van der Waals surface area contributed by atoms with Crippen LogP contribution < -0.4 is 5.32 Å². The van der Waals surface area contributed by atoms with Gasteiger partial charge in [-0.2, -0.15) is 0 Å². The lowest BCUT2D eigenvalue weighted by Gasteiger charge is -2.42. The highest BCUT2D eigenvalue weighted by Gasteiger charge is 2.31. The molecule has 3 atom stereocenters. The van der Waals surface area contributed by atoms with Gasteiger partial charge in [-0.3, -0.25) is 9.69 Å². The minimum absolute atomic E-state index is 0.0600. The van der Waals surface area contributed by atoms with Crippen molar-refractivity contribution >= 4 is 5.91 Å². The minimum atomic E-state index is -0.140. The Balaban J connectivity index is 1.83. The maximum atomic E-state index is 11.0. The third-order valence-electron chi connectivity index (χ3n) is 4.35. The molecule has 0 bridgehead atoms. The first-order valence-corrected chi connectivity index (χ1v) is 7.33. The van der Waals surface area contributed by atoms with Gasteiger partial charge in [-0.15, -0.1) is 0 Å². The molecule has 2 fully saturated rings. The summed E-state index contributed by atoms with van der Waals surface area (Å²) in [4.78, 5) is 13.4. The van der Waals surface area contributed by atoms with Gasteiger partial charge in [0.1, 0.15) is 0 Å². The number of nitrogens with one attached hydrogen (secondary N) is 1. The second-order valence-corrected chi connectivity index (χ2v) is 5.86. The molecule has 1 saturated heterocycles. The fourth-order valence-electron chi connectivity index (χ4n) is 3.37. The maximum Gasteiger partial charge on any atom is 0.216 e. The monoisotopic (exact) mass is 254 g/mol. The van der Waals surface area contributed by atoms with Crippen molar-refractivity contribution in [2.45, 2.75) is 57.6 Å². The Hall–Kier alpha value is -0.610. The summed E-state index contributed by atoms with van der Waals surface area (Å²) < 4.78 is 0. The molecule has 2 N–H and O–H groups in total. The Labute approximate surface area is 110 Å². The Morgan fingerprint density at radius 3 is 2.78 bits per heavy atom. The number of hydrogen-bond acceptors (Lipinski definition) is 3. The highest BCUT2D eigenvalue weighted by molar-refractivity contribution is 5.72. The molecular formula is C14H26N2O2. The lowest BCUT2D eigenvalue weighted by Crippen LogP contribution is -2.51. The highest BCUT2D eigenvalue weighted by atomic mass is 16.3. The van der Waals surface area contributed by atoms with Crippen molar-refractivity contribution < 1.29 is 9.90 Å². The lowest BCUT2D eigenvalue weighted by molar-refractivity contribution is -0.119.